The lowest BCUT2D eigenvalue weighted by Gasteiger charge is -2.24. The van der Waals surface area contributed by atoms with Gasteiger partial charge in [-0.05, 0) is 68.2 Å². The monoisotopic (exact) mass is 345 g/mol. The maximum atomic E-state index is 13.1. The SMILES string of the molecule is O=C(NCC1CCN(C2CC2)C1)N(Cc1ccc(F)cc1)CC1CC1. The van der Waals surface area contributed by atoms with Crippen molar-refractivity contribution in [2.45, 2.75) is 44.7 Å². The Kier molecular flexibility index (Phi) is 4.93. The number of hydrogen-bond donors (Lipinski definition) is 1. The molecule has 3 fully saturated rings. The first-order chi connectivity index (χ1) is 12.2. The van der Waals surface area contributed by atoms with Gasteiger partial charge in [0.25, 0.3) is 0 Å². The van der Waals surface area contributed by atoms with Crippen LogP contribution in [0.5, 0.6) is 0 Å². The number of carbonyl (C=O) groups is 1. The molecule has 1 aromatic carbocycles. The molecule has 2 saturated carbocycles. The highest BCUT2D eigenvalue weighted by molar-refractivity contribution is 5.74. The van der Waals surface area contributed by atoms with E-state index >= 15 is 0 Å². The van der Waals surface area contributed by atoms with Gasteiger partial charge in [-0.2, -0.15) is 0 Å². The molecule has 1 aromatic rings. The fraction of sp³-hybridized carbons (Fsp3) is 0.650. The minimum atomic E-state index is -0.233. The summed E-state index contributed by atoms with van der Waals surface area (Å²) in [6, 6.07) is 7.33. The Balaban J connectivity index is 1.29. The molecule has 4 nitrogen and oxygen atoms in total. The lowest BCUT2D eigenvalue weighted by atomic mass is 10.1. The Bertz CT molecular complexity index is 597. The van der Waals surface area contributed by atoms with Crippen molar-refractivity contribution in [2.24, 2.45) is 11.8 Å². The Morgan fingerprint density at radius 3 is 2.56 bits per heavy atom. The number of halogens is 1. The molecule has 136 valence electrons. The number of benzene rings is 1. The standard InChI is InChI=1S/C20H28FN3O/c21-18-5-3-16(4-6-18)13-24(12-15-1-2-15)20(25)22-11-17-9-10-23(14-17)19-7-8-19/h3-6,15,17,19H,1-2,7-14H2,(H,22,25). The highest BCUT2D eigenvalue weighted by atomic mass is 19.1. The molecule has 2 amide bonds. The summed E-state index contributed by atoms with van der Waals surface area (Å²) in [5, 5.41) is 3.16. The molecule has 2 aliphatic carbocycles. The van der Waals surface area contributed by atoms with Crippen molar-refractivity contribution in [2.75, 3.05) is 26.2 Å². The zero-order valence-corrected chi connectivity index (χ0v) is 14.8. The van der Waals surface area contributed by atoms with E-state index in [4.69, 9.17) is 0 Å². The normalized spacial score (nSPS) is 23.6. The Hall–Kier alpha value is -1.62. The number of nitrogens with zero attached hydrogens (tertiary/aromatic N) is 2. The van der Waals surface area contributed by atoms with Crippen molar-refractivity contribution < 1.29 is 9.18 Å². The van der Waals surface area contributed by atoms with Crippen LogP contribution in [0.25, 0.3) is 0 Å². The molecular formula is C20H28FN3O. The smallest absolute Gasteiger partial charge is 0.317 e. The number of likely N-dealkylation sites (tertiary alicyclic amines) is 1. The molecule has 5 heteroatoms. The van der Waals surface area contributed by atoms with E-state index in [-0.39, 0.29) is 11.8 Å². The van der Waals surface area contributed by atoms with Crippen molar-refractivity contribution in [3.63, 3.8) is 0 Å². The third kappa shape index (κ3) is 4.72. The highest BCUT2D eigenvalue weighted by Crippen LogP contribution is 2.32. The fourth-order valence-corrected chi connectivity index (χ4v) is 3.79. The molecule has 1 unspecified atom stereocenters. The molecule has 25 heavy (non-hydrogen) atoms. The second-order valence-electron chi connectivity index (χ2n) is 8.02. The van der Waals surface area contributed by atoms with Crippen molar-refractivity contribution in [1.82, 2.24) is 15.1 Å². The van der Waals surface area contributed by atoms with E-state index in [9.17, 15) is 9.18 Å². The lowest BCUT2D eigenvalue weighted by molar-refractivity contribution is 0.190. The van der Waals surface area contributed by atoms with E-state index in [1.807, 2.05) is 4.90 Å². The summed E-state index contributed by atoms with van der Waals surface area (Å²) in [5.74, 6) is 0.990. The van der Waals surface area contributed by atoms with Gasteiger partial charge in [0.05, 0.1) is 0 Å². The molecule has 1 saturated heterocycles. The minimum absolute atomic E-state index is 0.0288. The van der Waals surface area contributed by atoms with Gasteiger partial charge in [0.15, 0.2) is 0 Å². The summed E-state index contributed by atoms with van der Waals surface area (Å²) in [6.07, 6.45) is 6.33. The van der Waals surface area contributed by atoms with Crippen LogP contribution >= 0.6 is 0 Å². The zero-order chi connectivity index (χ0) is 17.2. The summed E-state index contributed by atoms with van der Waals surface area (Å²) >= 11 is 0. The van der Waals surface area contributed by atoms with E-state index in [1.165, 1.54) is 50.8 Å². The van der Waals surface area contributed by atoms with Crippen LogP contribution in [-0.2, 0) is 6.54 Å². The molecule has 1 atom stereocenters. The number of nitrogens with one attached hydrogen (secondary N) is 1. The minimum Gasteiger partial charge on any atom is -0.338 e. The Morgan fingerprint density at radius 2 is 1.88 bits per heavy atom. The molecule has 0 bridgehead atoms. The predicted octanol–water partition coefficient (Wildman–Crippen LogP) is 3.23. The third-order valence-electron chi connectivity index (χ3n) is 5.67. The van der Waals surface area contributed by atoms with Crippen LogP contribution in [0.2, 0.25) is 0 Å². The van der Waals surface area contributed by atoms with E-state index in [0.717, 1.165) is 31.2 Å². The molecule has 3 aliphatic rings. The average molecular weight is 345 g/mol. The van der Waals surface area contributed by atoms with Crippen LogP contribution in [0, 0.1) is 17.7 Å². The van der Waals surface area contributed by atoms with Crippen molar-refractivity contribution in [3.05, 3.63) is 35.6 Å². The first-order valence-electron chi connectivity index (χ1n) is 9.68. The van der Waals surface area contributed by atoms with E-state index < -0.39 is 0 Å². The van der Waals surface area contributed by atoms with Gasteiger partial charge in [0.2, 0.25) is 0 Å². The maximum Gasteiger partial charge on any atom is 0.317 e. The van der Waals surface area contributed by atoms with Gasteiger partial charge in [-0.25, -0.2) is 9.18 Å². The molecule has 1 aliphatic heterocycles. The molecule has 1 heterocycles. The topological polar surface area (TPSA) is 35.6 Å². The van der Waals surface area contributed by atoms with E-state index in [2.05, 4.69) is 10.2 Å². The van der Waals surface area contributed by atoms with Gasteiger partial charge in [-0.1, -0.05) is 12.1 Å². The predicted molar refractivity (Wildman–Crippen MR) is 95.6 cm³/mol. The third-order valence-corrected chi connectivity index (χ3v) is 5.67. The van der Waals surface area contributed by atoms with Crippen molar-refractivity contribution in [1.29, 1.82) is 0 Å². The van der Waals surface area contributed by atoms with Gasteiger partial charge < -0.3 is 15.1 Å². The summed E-state index contributed by atoms with van der Waals surface area (Å²) in [7, 11) is 0. The Morgan fingerprint density at radius 1 is 1.12 bits per heavy atom. The van der Waals surface area contributed by atoms with Crippen molar-refractivity contribution in [3.8, 4) is 0 Å². The summed E-state index contributed by atoms with van der Waals surface area (Å²) in [5.41, 5.74) is 0.984. The number of rotatable bonds is 7. The highest BCUT2D eigenvalue weighted by Gasteiger charge is 2.34. The second-order valence-corrected chi connectivity index (χ2v) is 8.02. The summed E-state index contributed by atoms with van der Waals surface area (Å²) < 4.78 is 13.1. The Labute approximate surface area is 149 Å². The van der Waals surface area contributed by atoms with Crippen LogP contribution in [-0.4, -0.2) is 48.1 Å². The molecular weight excluding hydrogens is 317 g/mol. The lowest BCUT2D eigenvalue weighted by Crippen LogP contribution is -2.42. The summed E-state index contributed by atoms with van der Waals surface area (Å²) in [4.78, 5) is 17.2. The molecule has 1 N–H and O–H groups in total. The fourth-order valence-electron chi connectivity index (χ4n) is 3.79. The number of hydrogen-bond acceptors (Lipinski definition) is 2. The maximum absolute atomic E-state index is 13.1. The van der Waals surface area contributed by atoms with Gasteiger partial charge in [-0.3, -0.25) is 0 Å². The van der Waals surface area contributed by atoms with Crippen LogP contribution in [0.15, 0.2) is 24.3 Å². The van der Waals surface area contributed by atoms with Crippen LogP contribution in [0.1, 0.15) is 37.7 Å². The van der Waals surface area contributed by atoms with Gasteiger partial charge >= 0.3 is 6.03 Å². The second kappa shape index (κ2) is 7.32. The van der Waals surface area contributed by atoms with Gasteiger partial charge in [-0.15, -0.1) is 0 Å². The zero-order valence-electron chi connectivity index (χ0n) is 14.8. The summed E-state index contributed by atoms with van der Waals surface area (Å²) in [6.45, 7) is 4.45. The molecule has 0 aromatic heterocycles. The average Bonchev–Trinajstić information content (AvgIpc) is 3.54. The molecule has 4 rings (SSSR count). The van der Waals surface area contributed by atoms with E-state index in [1.54, 1.807) is 12.1 Å². The first-order valence-corrected chi connectivity index (χ1v) is 9.68. The van der Waals surface area contributed by atoms with E-state index in [0.29, 0.717) is 18.4 Å². The quantitative estimate of drug-likeness (QED) is 0.823. The number of carbonyl (C=O) groups excluding carboxylic acids is 1. The first kappa shape index (κ1) is 16.8. The number of urea groups is 1. The van der Waals surface area contributed by atoms with Crippen LogP contribution in [0.3, 0.4) is 0 Å². The van der Waals surface area contributed by atoms with Crippen molar-refractivity contribution >= 4 is 6.03 Å². The molecule has 0 spiro atoms. The van der Waals surface area contributed by atoms with Crippen LogP contribution in [0.4, 0.5) is 9.18 Å². The largest absolute Gasteiger partial charge is 0.338 e. The number of amides is 2. The molecule has 0 radical (unpaired) electrons. The van der Waals surface area contributed by atoms with Gasteiger partial charge in [0, 0.05) is 32.2 Å². The van der Waals surface area contributed by atoms with Gasteiger partial charge in [0.1, 0.15) is 5.82 Å². The van der Waals surface area contributed by atoms with Crippen LogP contribution < -0.4 is 5.32 Å².